The van der Waals surface area contributed by atoms with E-state index >= 15 is 0 Å². The van der Waals surface area contributed by atoms with E-state index in [2.05, 4.69) is 21.3 Å². The van der Waals surface area contributed by atoms with Crippen molar-refractivity contribution < 1.29 is 28.8 Å². The Labute approximate surface area is 277 Å². The van der Waals surface area contributed by atoms with Crippen LogP contribution in [0, 0.1) is 17.3 Å². The van der Waals surface area contributed by atoms with Crippen LogP contribution in [0.2, 0.25) is 0 Å². The summed E-state index contributed by atoms with van der Waals surface area (Å²) in [7, 11) is 0. The summed E-state index contributed by atoms with van der Waals surface area (Å²) in [5, 5.41) is 11.5. The lowest BCUT2D eigenvalue weighted by Crippen LogP contribution is -2.58. The molecule has 1 aromatic carbocycles. The zero-order valence-corrected chi connectivity index (χ0v) is 28.0. The molecule has 2 saturated heterocycles. The van der Waals surface area contributed by atoms with Gasteiger partial charge in [-0.25, -0.2) is 0 Å². The first-order valence-electron chi connectivity index (χ1n) is 17.5. The standard InChI is InChI=1S/C36H51N5O6/c1-36(2,3)35(47)40-29(23-13-7-8-14-23)34(46)41-21-25(22-11-5-4-6-12-22)20-28(41)32(44)39-27(19-24-17-18-37-31(24)43)30(42)33(45)38-26-15-9-10-16-26/h4-6,11-12,23-29H,7-10,13-21H2,1-3H3,(H,37,43)(H,38,45)(H,39,44)(H,40,47)/t24-,25+,27-,28-,29?/m0/s1. The maximum Gasteiger partial charge on any atom is 0.289 e. The van der Waals surface area contributed by atoms with Crippen molar-refractivity contribution in [2.24, 2.45) is 17.3 Å². The molecule has 2 aliphatic carbocycles. The molecule has 256 valence electrons. The largest absolute Gasteiger partial charge is 0.356 e. The molecule has 0 bridgehead atoms. The summed E-state index contributed by atoms with van der Waals surface area (Å²) in [6, 6.07) is 6.72. The van der Waals surface area contributed by atoms with Crippen LogP contribution < -0.4 is 21.3 Å². The predicted molar refractivity (Wildman–Crippen MR) is 176 cm³/mol. The second-order valence-corrected chi connectivity index (χ2v) is 15.0. The molecular formula is C36H51N5O6. The van der Waals surface area contributed by atoms with Crippen molar-refractivity contribution in [2.45, 2.75) is 121 Å². The topological polar surface area (TPSA) is 154 Å². The van der Waals surface area contributed by atoms with Crippen LogP contribution in [0.5, 0.6) is 0 Å². The number of Topliss-reactive ketones (excluding diaryl/α,β-unsaturated/α-hetero) is 1. The Kier molecular flexibility index (Phi) is 11.0. The molecular weight excluding hydrogens is 598 g/mol. The minimum atomic E-state index is -1.21. The van der Waals surface area contributed by atoms with Gasteiger partial charge in [0.05, 0.1) is 6.04 Å². The number of amides is 5. The van der Waals surface area contributed by atoms with Crippen molar-refractivity contribution in [1.29, 1.82) is 0 Å². The van der Waals surface area contributed by atoms with Crippen LogP contribution in [0.25, 0.3) is 0 Å². The van der Waals surface area contributed by atoms with Crippen molar-refractivity contribution >= 4 is 35.3 Å². The summed E-state index contributed by atoms with van der Waals surface area (Å²) in [6.45, 7) is 6.17. The minimum absolute atomic E-state index is 0.00358. The number of benzene rings is 1. The van der Waals surface area contributed by atoms with Gasteiger partial charge < -0.3 is 26.2 Å². The number of likely N-dealkylation sites (tertiary alicyclic amines) is 1. The summed E-state index contributed by atoms with van der Waals surface area (Å²) in [6.07, 6.45) is 7.95. The molecule has 4 fully saturated rings. The molecule has 5 amide bonds. The molecule has 1 aromatic rings. The van der Waals surface area contributed by atoms with Gasteiger partial charge in [0.15, 0.2) is 0 Å². The second-order valence-electron chi connectivity index (χ2n) is 15.0. The quantitative estimate of drug-likeness (QED) is 0.271. The van der Waals surface area contributed by atoms with E-state index in [4.69, 9.17) is 0 Å². The second kappa shape index (κ2) is 15.0. The van der Waals surface area contributed by atoms with Crippen LogP contribution in [0.4, 0.5) is 0 Å². The smallest absolute Gasteiger partial charge is 0.289 e. The molecule has 5 rings (SSSR count). The normalized spacial score (nSPS) is 24.9. The average molecular weight is 650 g/mol. The van der Waals surface area contributed by atoms with Crippen LogP contribution in [0.1, 0.15) is 103 Å². The van der Waals surface area contributed by atoms with Gasteiger partial charge in [-0.2, -0.15) is 0 Å². The van der Waals surface area contributed by atoms with Crippen LogP contribution in [0.3, 0.4) is 0 Å². The molecule has 11 nitrogen and oxygen atoms in total. The van der Waals surface area contributed by atoms with Gasteiger partial charge in [0, 0.05) is 36.4 Å². The van der Waals surface area contributed by atoms with E-state index in [0.717, 1.165) is 56.9 Å². The zero-order valence-electron chi connectivity index (χ0n) is 28.0. The number of ketones is 1. The van der Waals surface area contributed by atoms with Crippen LogP contribution in [-0.2, 0) is 28.8 Å². The maximum absolute atomic E-state index is 14.5. The number of hydrogen-bond donors (Lipinski definition) is 4. The molecule has 5 atom stereocenters. The molecule has 0 aromatic heterocycles. The molecule has 47 heavy (non-hydrogen) atoms. The zero-order chi connectivity index (χ0) is 33.7. The summed E-state index contributed by atoms with van der Waals surface area (Å²) in [4.78, 5) is 82.7. The lowest BCUT2D eigenvalue weighted by Gasteiger charge is -2.33. The van der Waals surface area contributed by atoms with E-state index in [9.17, 15) is 28.8 Å². The Morgan fingerprint density at radius 2 is 1.57 bits per heavy atom. The number of nitrogens with one attached hydrogen (secondary N) is 4. The molecule has 4 N–H and O–H groups in total. The van der Waals surface area contributed by atoms with Crippen molar-refractivity contribution in [3.63, 3.8) is 0 Å². The SMILES string of the molecule is CC(C)(C)C(=O)NC(C(=O)N1C[C@H](c2ccccc2)C[C@H]1C(=O)N[C@@H](C[C@@H]1CCNC1=O)C(=O)C(=O)NC1CCCC1)C1CCCC1. The first-order valence-corrected chi connectivity index (χ1v) is 17.5. The maximum atomic E-state index is 14.5. The molecule has 1 unspecified atom stereocenters. The van der Waals surface area contributed by atoms with Gasteiger partial charge >= 0.3 is 0 Å². The third kappa shape index (κ3) is 8.40. The van der Waals surface area contributed by atoms with Gasteiger partial charge in [0.2, 0.25) is 29.4 Å². The highest BCUT2D eigenvalue weighted by Gasteiger charge is 2.46. The molecule has 2 aliphatic heterocycles. The van der Waals surface area contributed by atoms with Crippen LogP contribution >= 0.6 is 0 Å². The van der Waals surface area contributed by atoms with E-state index in [0.29, 0.717) is 19.4 Å². The van der Waals surface area contributed by atoms with Crippen LogP contribution in [0.15, 0.2) is 30.3 Å². The highest BCUT2D eigenvalue weighted by Crippen LogP contribution is 2.36. The van der Waals surface area contributed by atoms with Gasteiger partial charge in [-0.05, 0) is 56.4 Å². The van der Waals surface area contributed by atoms with Gasteiger partial charge in [-0.15, -0.1) is 0 Å². The molecule has 0 spiro atoms. The van der Waals surface area contributed by atoms with Gasteiger partial charge in [0.25, 0.3) is 5.91 Å². The first-order chi connectivity index (χ1) is 22.4. The van der Waals surface area contributed by atoms with E-state index in [1.54, 1.807) is 25.7 Å². The summed E-state index contributed by atoms with van der Waals surface area (Å²) in [5.41, 5.74) is 0.285. The number of hydrogen-bond acceptors (Lipinski definition) is 6. The summed E-state index contributed by atoms with van der Waals surface area (Å²) < 4.78 is 0. The van der Waals surface area contributed by atoms with Crippen molar-refractivity contribution in [1.82, 2.24) is 26.2 Å². The minimum Gasteiger partial charge on any atom is -0.356 e. The highest BCUT2D eigenvalue weighted by atomic mass is 16.2. The number of nitrogens with zero attached hydrogens (tertiary/aromatic N) is 1. The monoisotopic (exact) mass is 649 g/mol. The Balaban J connectivity index is 1.40. The van der Waals surface area contributed by atoms with E-state index in [1.807, 2.05) is 30.3 Å². The Bertz CT molecular complexity index is 1330. The van der Waals surface area contributed by atoms with Gasteiger partial charge in [0.1, 0.15) is 12.1 Å². The van der Waals surface area contributed by atoms with Crippen molar-refractivity contribution in [2.75, 3.05) is 13.1 Å². The molecule has 11 heteroatoms. The van der Waals surface area contributed by atoms with Gasteiger partial charge in [-0.1, -0.05) is 76.8 Å². The summed E-state index contributed by atoms with van der Waals surface area (Å²) in [5.74, 6) is -3.49. The number of rotatable bonds is 11. The third-order valence-electron chi connectivity index (χ3n) is 10.5. The van der Waals surface area contributed by atoms with E-state index in [1.165, 1.54) is 0 Å². The van der Waals surface area contributed by atoms with E-state index in [-0.39, 0.29) is 48.6 Å². The Morgan fingerprint density at radius 3 is 2.19 bits per heavy atom. The fraction of sp³-hybridized carbons (Fsp3) is 0.667. The number of carbonyl (C=O) groups excluding carboxylic acids is 6. The third-order valence-corrected chi connectivity index (χ3v) is 10.5. The fourth-order valence-corrected chi connectivity index (χ4v) is 7.64. The average Bonchev–Trinajstić information content (AvgIpc) is 3.87. The molecule has 2 saturated carbocycles. The van der Waals surface area contributed by atoms with Gasteiger partial charge in [-0.3, -0.25) is 28.8 Å². The van der Waals surface area contributed by atoms with Crippen molar-refractivity contribution in [3.8, 4) is 0 Å². The lowest BCUT2D eigenvalue weighted by atomic mass is 9.91. The molecule has 2 heterocycles. The lowest BCUT2D eigenvalue weighted by molar-refractivity contribution is -0.145. The summed E-state index contributed by atoms with van der Waals surface area (Å²) >= 11 is 0. The van der Waals surface area contributed by atoms with Crippen molar-refractivity contribution in [3.05, 3.63) is 35.9 Å². The van der Waals surface area contributed by atoms with Crippen LogP contribution in [-0.4, -0.2) is 77.5 Å². The fourth-order valence-electron chi connectivity index (χ4n) is 7.64. The number of carbonyl (C=O) groups is 6. The van der Waals surface area contributed by atoms with E-state index < -0.39 is 47.1 Å². The Hall–Kier alpha value is -3.76. The first kappa shape index (κ1) is 34.6. The molecule has 4 aliphatic rings. The predicted octanol–water partition coefficient (Wildman–Crippen LogP) is 2.73. The Morgan fingerprint density at radius 1 is 0.915 bits per heavy atom. The molecule has 0 radical (unpaired) electrons. The highest BCUT2D eigenvalue weighted by molar-refractivity contribution is 6.38.